The highest BCUT2D eigenvalue weighted by Crippen LogP contribution is 2.31. The average molecular weight is 341 g/mol. The van der Waals surface area contributed by atoms with Gasteiger partial charge in [0.2, 0.25) is 0 Å². The molecule has 3 rings (SSSR count). The largest absolute Gasteiger partial charge is 0.493 e. The Morgan fingerprint density at radius 2 is 1.92 bits per heavy atom. The first-order valence-electron chi connectivity index (χ1n) is 8.06. The highest BCUT2D eigenvalue weighted by Gasteiger charge is 2.22. The molecule has 0 aromatic heterocycles. The molecule has 2 aromatic rings. The Bertz CT molecular complexity index is 757. The zero-order chi connectivity index (χ0) is 17.6. The van der Waals surface area contributed by atoms with Crippen molar-refractivity contribution in [3.05, 3.63) is 59.7 Å². The van der Waals surface area contributed by atoms with Crippen LogP contribution in [0.1, 0.15) is 23.6 Å². The lowest BCUT2D eigenvalue weighted by Crippen LogP contribution is -2.35. The van der Waals surface area contributed by atoms with Crippen molar-refractivity contribution < 1.29 is 24.2 Å². The van der Waals surface area contributed by atoms with Crippen molar-refractivity contribution in [1.82, 2.24) is 5.32 Å². The number of carbonyl (C=O) groups is 2. The van der Waals surface area contributed by atoms with Gasteiger partial charge in [-0.2, -0.15) is 0 Å². The number of fused-ring (bicyclic) bond motifs is 1. The molecule has 25 heavy (non-hydrogen) atoms. The summed E-state index contributed by atoms with van der Waals surface area (Å²) in [6.45, 7) is 0.464. The molecule has 1 aliphatic heterocycles. The van der Waals surface area contributed by atoms with Gasteiger partial charge >= 0.3 is 5.97 Å². The second kappa shape index (κ2) is 7.70. The van der Waals surface area contributed by atoms with Gasteiger partial charge in [-0.25, -0.2) is 0 Å². The van der Waals surface area contributed by atoms with Gasteiger partial charge < -0.3 is 19.9 Å². The van der Waals surface area contributed by atoms with Gasteiger partial charge in [0.1, 0.15) is 11.5 Å². The Kier molecular flexibility index (Phi) is 5.18. The standard InChI is InChI=1S/C19H19NO5/c21-18(12-25-14-7-5-13(6-8-14)11-19(22)23)20-16-9-10-24-17-4-2-1-3-15(16)17/h1-8,16H,9-12H2,(H,20,21)(H,22,23). The van der Waals surface area contributed by atoms with E-state index in [1.165, 1.54) is 0 Å². The van der Waals surface area contributed by atoms with E-state index in [1.54, 1.807) is 24.3 Å². The molecular weight excluding hydrogens is 322 g/mol. The average Bonchev–Trinajstić information content (AvgIpc) is 2.61. The molecule has 0 spiro atoms. The summed E-state index contributed by atoms with van der Waals surface area (Å²) in [6.07, 6.45) is 0.677. The molecule has 0 fully saturated rings. The number of carboxylic acid groups (broad SMARTS) is 1. The molecule has 0 aliphatic carbocycles. The van der Waals surface area contributed by atoms with Gasteiger partial charge in [-0.3, -0.25) is 9.59 Å². The molecule has 1 aliphatic rings. The highest BCUT2D eigenvalue weighted by molar-refractivity contribution is 5.78. The van der Waals surface area contributed by atoms with Crippen LogP contribution in [0.3, 0.4) is 0 Å². The van der Waals surface area contributed by atoms with Gasteiger partial charge in [-0.05, 0) is 23.8 Å². The summed E-state index contributed by atoms with van der Waals surface area (Å²) in [7, 11) is 0. The van der Waals surface area contributed by atoms with Gasteiger partial charge in [-0.1, -0.05) is 30.3 Å². The van der Waals surface area contributed by atoms with Crippen molar-refractivity contribution in [1.29, 1.82) is 0 Å². The first-order valence-corrected chi connectivity index (χ1v) is 8.06. The molecule has 1 unspecified atom stereocenters. The van der Waals surface area contributed by atoms with Crippen LogP contribution in [0, 0.1) is 0 Å². The van der Waals surface area contributed by atoms with E-state index in [4.69, 9.17) is 14.6 Å². The zero-order valence-corrected chi connectivity index (χ0v) is 13.6. The van der Waals surface area contributed by atoms with Gasteiger partial charge in [-0.15, -0.1) is 0 Å². The quantitative estimate of drug-likeness (QED) is 0.842. The Balaban J connectivity index is 1.53. The highest BCUT2D eigenvalue weighted by atomic mass is 16.5. The molecule has 1 heterocycles. The maximum absolute atomic E-state index is 12.2. The number of nitrogens with one attached hydrogen (secondary N) is 1. The minimum absolute atomic E-state index is 0.0378. The maximum Gasteiger partial charge on any atom is 0.307 e. The van der Waals surface area contributed by atoms with Crippen LogP contribution in [0.4, 0.5) is 0 Å². The molecular formula is C19H19NO5. The van der Waals surface area contributed by atoms with E-state index in [0.717, 1.165) is 11.3 Å². The van der Waals surface area contributed by atoms with Crippen LogP contribution in [0.2, 0.25) is 0 Å². The third-order valence-corrected chi connectivity index (χ3v) is 3.94. The van der Waals surface area contributed by atoms with Crippen molar-refractivity contribution in [2.75, 3.05) is 13.2 Å². The van der Waals surface area contributed by atoms with E-state index in [1.807, 2.05) is 24.3 Å². The van der Waals surface area contributed by atoms with Gasteiger partial charge in [0.15, 0.2) is 6.61 Å². The summed E-state index contributed by atoms with van der Waals surface area (Å²) in [6, 6.07) is 14.3. The van der Waals surface area contributed by atoms with E-state index in [9.17, 15) is 9.59 Å². The molecule has 6 heteroatoms. The summed E-state index contributed by atoms with van der Waals surface area (Å²) in [5, 5.41) is 11.7. The first-order chi connectivity index (χ1) is 12.1. The summed E-state index contributed by atoms with van der Waals surface area (Å²) in [4.78, 5) is 22.8. The third kappa shape index (κ3) is 4.50. The molecule has 1 amide bonds. The molecule has 0 saturated carbocycles. The Morgan fingerprint density at radius 3 is 2.68 bits per heavy atom. The Hall–Kier alpha value is -3.02. The summed E-state index contributed by atoms with van der Waals surface area (Å²) in [5.74, 6) is 0.228. The number of hydrogen-bond acceptors (Lipinski definition) is 4. The van der Waals surface area contributed by atoms with Gasteiger partial charge in [0.25, 0.3) is 5.91 Å². The van der Waals surface area contributed by atoms with E-state index >= 15 is 0 Å². The molecule has 6 nitrogen and oxygen atoms in total. The first kappa shape index (κ1) is 16.8. The van der Waals surface area contributed by atoms with Crippen LogP contribution in [-0.2, 0) is 16.0 Å². The van der Waals surface area contributed by atoms with E-state index in [0.29, 0.717) is 24.3 Å². The van der Waals surface area contributed by atoms with Crippen LogP contribution >= 0.6 is 0 Å². The van der Waals surface area contributed by atoms with Gasteiger partial charge in [0, 0.05) is 12.0 Å². The summed E-state index contributed by atoms with van der Waals surface area (Å²) in [5.41, 5.74) is 1.66. The zero-order valence-electron chi connectivity index (χ0n) is 13.6. The van der Waals surface area contributed by atoms with Crippen molar-refractivity contribution >= 4 is 11.9 Å². The number of benzene rings is 2. The topological polar surface area (TPSA) is 84.9 Å². The molecule has 130 valence electrons. The number of amides is 1. The monoisotopic (exact) mass is 341 g/mol. The lowest BCUT2D eigenvalue weighted by Gasteiger charge is -2.26. The molecule has 0 saturated heterocycles. The normalized spacial score (nSPS) is 15.6. The predicted octanol–water partition coefficient (Wildman–Crippen LogP) is 2.33. The van der Waals surface area contributed by atoms with Crippen LogP contribution < -0.4 is 14.8 Å². The number of carbonyl (C=O) groups excluding carboxylic acids is 1. The molecule has 2 N–H and O–H groups in total. The Labute approximate surface area is 145 Å². The van der Waals surface area contributed by atoms with Crippen molar-refractivity contribution in [2.24, 2.45) is 0 Å². The maximum atomic E-state index is 12.2. The van der Waals surface area contributed by atoms with E-state index in [-0.39, 0.29) is 25.0 Å². The second-order valence-electron chi connectivity index (χ2n) is 5.80. The molecule has 2 aromatic carbocycles. The Morgan fingerprint density at radius 1 is 1.16 bits per heavy atom. The minimum Gasteiger partial charge on any atom is -0.493 e. The number of carboxylic acids is 1. The van der Waals surface area contributed by atoms with E-state index in [2.05, 4.69) is 5.32 Å². The number of aliphatic carboxylic acids is 1. The lowest BCUT2D eigenvalue weighted by molar-refractivity contribution is -0.136. The fourth-order valence-electron chi connectivity index (χ4n) is 2.76. The summed E-state index contributed by atoms with van der Waals surface area (Å²) >= 11 is 0. The lowest BCUT2D eigenvalue weighted by atomic mass is 10.0. The predicted molar refractivity (Wildman–Crippen MR) is 90.7 cm³/mol. The number of para-hydroxylation sites is 1. The summed E-state index contributed by atoms with van der Waals surface area (Å²) < 4.78 is 11.0. The smallest absolute Gasteiger partial charge is 0.307 e. The number of rotatable bonds is 6. The van der Waals surface area contributed by atoms with Crippen LogP contribution in [-0.4, -0.2) is 30.2 Å². The fourth-order valence-corrected chi connectivity index (χ4v) is 2.76. The van der Waals surface area contributed by atoms with Crippen LogP contribution in [0.25, 0.3) is 0 Å². The van der Waals surface area contributed by atoms with E-state index < -0.39 is 5.97 Å². The fraction of sp³-hybridized carbons (Fsp3) is 0.263. The van der Waals surface area contributed by atoms with Crippen molar-refractivity contribution in [3.63, 3.8) is 0 Å². The third-order valence-electron chi connectivity index (χ3n) is 3.94. The van der Waals surface area contributed by atoms with Crippen LogP contribution in [0.5, 0.6) is 11.5 Å². The SMILES string of the molecule is O=C(O)Cc1ccc(OCC(=O)NC2CCOc3ccccc32)cc1. The van der Waals surface area contributed by atoms with Crippen molar-refractivity contribution in [2.45, 2.75) is 18.9 Å². The number of hydrogen-bond donors (Lipinski definition) is 2. The van der Waals surface area contributed by atoms with Crippen LogP contribution in [0.15, 0.2) is 48.5 Å². The molecule has 1 atom stereocenters. The second-order valence-corrected chi connectivity index (χ2v) is 5.80. The molecule has 0 bridgehead atoms. The number of ether oxygens (including phenoxy) is 2. The van der Waals surface area contributed by atoms with Gasteiger partial charge in [0.05, 0.1) is 19.1 Å². The minimum atomic E-state index is -0.884. The molecule has 0 radical (unpaired) electrons. The van der Waals surface area contributed by atoms with Crippen molar-refractivity contribution in [3.8, 4) is 11.5 Å².